The minimum Gasteiger partial charge on any atom is -0.267 e. The third-order valence-corrected chi connectivity index (χ3v) is 3.46. The molecule has 5 heteroatoms. The molecule has 116 valence electrons. The molecule has 0 radical (unpaired) electrons. The van der Waals surface area contributed by atoms with Gasteiger partial charge in [0, 0.05) is 23.4 Å². The molecule has 0 aliphatic heterocycles. The maximum Gasteiger partial charge on any atom is 0.278 e. The number of isothiocyanates is 1. The number of aliphatic imine (C=N–C) groups is 1. The summed E-state index contributed by atoms with van der Waals surface area (Å²) in [7, 11) is 0. The maximum atomic E-state index is 11.5. The van der Waals surface area contributed by atoms with Crippen LogP contribution in [0.2, 0.25) is 0 Å². The Morgan fingerprint density at radius 1 is 1.08 bits per heavy atom. The lowest BCUT2D eigenvalue weighted by Gasteiger charge is -2.00. The molecule has 3 aromatic rings. The highest BCUT2D eigenvalue weighted by Crippen LogP contribution is 2.24. The van der Waals surface area contributed by atoms with Crippen molar-refractivity contribution in [1.29, 1.82) is 0 Å². The molecular formula is C19H13N3OS. The number of hydrogen-bond acceptors (Lipinski definition) is 3. The first-order valence-electron chi connectivity index (χ1n) is 7.28. The van der Waals surface area contributed by atoms with Crippen molar-refractivity contribution in [2.24, 2.45) is 4.99 Å². The number of nitrogens with zero attached hydrogens (tertiary/aromatic N) is 3. The summed E-state index contributed by atoms with van der Waals surface area (Å²) in [6, 6.07) is 19.6. The van der Waals surface area contributed by atoms with Crippen LogP contribution in [-0.4, -0.2) is 20.8 Å². The summed E-state index contributed by atoms with van der Waals surface area (Å²) in [6.07, 6.45) is 4.92. The van der Waals surface area contributed by atoms with E-state index in [4.69, 9.17) is 0 Å². The van der Waals surface area contributed by atoms with Gasteiger partial charge >= 0.3 is 0 Å². The molecule has 3 rings (SSSR count). The molecule has 0 spiro atoms. The molecule has 0 saturated carbocycles. The Labute approximate surface area is 144 Å². The van der Waals surface area contributed by atoms with E-state index in [1.165, 1.54) is 6.08 Å². The van der Waals surface area contributed by atoms with Gasteiger partial charge in [-0.05, 0) is 30.4 Å². The Morgan fingerprint density at radius 3 is 2.42 bits per heavy atom. The fourth-order valence-electron chi connectivity index (χ4n) is 2.29. The highest BCUT2D eigenvalue weighted by Gasteiger charge is 2.10. The molecule has 0 fully saturated rings. The Kier molecular flexibility index (Phi) is 4.87. The topological polar surface area (TPSA) is 47.2 Å². The summed E-state index contributed by atoms with van der Waals surface area (Å²) >= 11 is 4.44. The summed E-state index contributed by atoms with van der Waals surface area (Å²) in [6.45, 7) is 0. The molecule has 0 aliphatic rings. The van der Waals surface area contributed by atoms with Crippen LogP contribution in [0, 0.1) is 0 Å². The average Bonchev–Trinajstić information content (AvgIpc) is 3.06. The molecule has 1 aromatic heterocycles. The maximum absolute atomic E-state index is 11.5. The largest absolute Gasteiger partial charge is 0.278 e. The first kappa shape index (κ1) is 15.7. The molecule has 0 unspecified atom stereocenters. The van der Waals surface area contributed by atoms with Crippen LogP contribution in [0.1, 0.15) is 5.56 Å². The lowest BCUT2D eigenvalue weighted by atomic mass is 10.1. The second-order valence-corrected chi connectivity index (χ2v) is 5.14. The van der Waals surface area contributed by atoms with Crippen LogP contribution in [-0.2, 0) is 4.79 Å². The highest BCUT2D eigenvalue weighted by molar-refractivity contribution is 7.78. The van der Waals surface area contributed by atoms with Crippen LogP contribution < -0.4 is 0 Å². The van der Waals surface area contributed by atoms with Gasteiger partial charge in [-0.1, -0.05) is 48.5 Å². The van der Waals surface area contributed by atoms with Gasteiger partial charge in [-0.2, -0.15) is 10.1 Å². The van der Waals surface area contributed by atoms with Gasteiger partial charge in [-0.25, -0.2) is 4.68 Å². The Balaban J connectivity index is 2.07. The number of hydrogen-bond donors (Lipinski definition) is 0. The minimum absolute atomic E-state index is 0.448. The molecular weight excluding hydrogens is 318 g/mol. The van der Waals surface area contributed by atoms with Crippen molar-refractivity contribution in [2.45, 2.75) is 0 Å². The quantitative estimate of drug-likeness (QED) is 0.409. The number of benzene rings is 2. The number of amides is 1. The second kappa shape index (κ2) is 7.42. The van der Waals surface area contributed by atoms with Crippen LogP contribution in [0.15, 0.2) is 77.9 Å². The SMILES string of the molecule is O=C(/C=C\c1cn(-c2ccccc2)nc1-c1ccccc1)N=C=S. The summed E-state index contributed by atoms with van der Waals surface area (Å²) in [5, 5.41) is 6.73. The van der Waals surface area contributed by atoms with E-state index in [0.29, 0.717) is 0 Å². The van der Waals surface area contributed by atoms with Gasteiger partial charge in [0.15, 0.2) is 0 Å². The van der Waals surface area contributed by atoms with E-state index < -0.39 is 5.91 Å². The number of para-hydroxylation sites is 1. The predicted octanol–water partition coefficient (Wildman–Crippen LogP) is 4.18. The van der Waals surface area contributed by atoms with Crippen LogP contribution in [0.5, 0.6) is 0 Å². The zero-order chi connectivity index (χ0) is 16.8. The molecule has 0 saturated heterocycles. The standard InChI is InChI=1S/C19H13N3OS/c23-18(20-14-24)12-11-16-13-22(17-9-5-2-6-10-17)21-19(16)15-7-3-1-4-8-15/h1-13H/b12-11-. The summed E-state index contributed by atoms with van der Waals surface area (Å²) in [5.41, 5.74) is 3.52. The molecule has 24 heavy (non-hydrogen) atoms. The van der Waals surface area contributed by atoms with Gasteiger partial charge in [-0.3, -0.25) is 4.79 Å². The van der Waals surface area contributed by atoms with E-state index in [1.807, 2.05) is 66.9 Å². The highest BCUT2D eigenvalue weighted by atomic mass is 32.1. The predicted molar refractivity (Wildman–Crippen MR) is 98.1 cm³/mol. The molecule has 2 aromatic carbocycles. The monoisotopic (exact) mass is 331 g/mol. The number of rotatable bonds is 4. The Morgan fingerprint density at radius 2 is 1.75 bits per heavy atom. The van der Waals surface area contributed by atoms with Gasteiger partial charge < -0.3 is 0 Å². The first-order chi connectivity index (χ1) is 11.8. The lowest BCUT2D eigenvalue weighted by Crippen LogP contribution is -1.93. The van der Waals surface area contributed by atoms with Crippen molar-refractivity contribution in [3.05, 3.63) is 78.5 Å². The van der Waals surface area contributed by atoms with Crippen molar-refractivity contribution in [3.63, 3.8) is 0 Å². The summed E-state index contributed by atoms with van der Waals surface area (Å²) in [4.78, 5) is 15.0. The normalized spacial score (nSPS) is 10.5. The summed E-state index contributed by atoms with van der Waals surface area (Å²) in [5.74, 6) is -0.448. The molecule has 0 N–H and O–H groups in total. The van der Waals surface area contributed by atoms with E-state index in [2.05, 4.69) is 27.5 Å². The third-order valence-electron chi connectivity index (χ3n) is 3.37. The van der Waals surface area contributed by atoms with Crippen molar-refractivity contribution >= 4 is 29.4 Å². The van der Waals surface area contributed by atoms with Crippen molar-refractivity contribution < 1.29 is 4.79 Å². The average molecular weight is 331 g/mol. The zero-order valence-corrected chi connectivity index (χ0v) is 13.5. The van der Waals surface area contributed by atoms with E-state index in [-0.39, 0.29) is 0 Å². The lowest BCUT2D eigenvalue weighted by molar-refractivity contribution is -0.113. The first-order valence-corrected chi connectivity index (χ1v) is 7.69. The van der Waals surface area contributed by atoms with Gasteiger partial charge in [0.1, 0.15) is 0 Å². The Bertz CT molecular complexity index is 924. The molecule has 4 nitrogen and oxygen atoms in total. The Hall–Kier alpha value is -3.14. The molecule has 0 aliphatic carbocycles. The van der Waals surface area contributed by atoms with Gasteiger partial charge in [0.2, 0.25) is 0 Å². The van der Waals surface area contributed by atoms with Gasteiger partial charge in [-0.15, -0.1) is 0 Å². The molecule has 1 heterocycles. The molecule has 1 amide bonds. The minimum atomic E-state index is -0.448. The molecule has 0 atom stereocenters. The van der Waals surface area contributed by atoms with Crippen LogP contribution in [0.4, 0.5) is 0 Å². The van der Waals surface area contributed by atoms with Gasteiger partial charge in [0.25, 0.3) is 5.91 Å². The number of thiocarbonyl (C=S) groups is 1. The molecule has 0 bridgehead atoms. The van der Waals surface area contributed by atoms with E-state index in [0.717, 1.165) is 22.5 Å². The smallest absolute Gasteiger partial charge is 0.267 e. The fraction of sp³-hybridized carbons (Fsp3) is 0. The third kappa shape index (κ3) is 3.60. The van der Waals surface area contributed by atoms with Crippen LogP contribution >= 0.6 is 12.2 Å². The second-order valence-electron chi connectivity index (χ2n) is 4.95. The van der Waals surface area contributed by atoms with Crippen LogP contribution in [0.25, 0.3) is 23.0 Å². The fourth-order valence-corrected chi connectivity index (χ4v) is 2.38. The van der Waals surface area contributed by atoms with Crippen molar-refractivity contribution in [3.8, 4) is 16.9 Å². The number of carbonyl (C=O) groups is 1. The van der Waals surface area contributed by atoms with E-state index in [9.17, 15) is 4.79 Å². The summed E-state index contributed by atoms with van der Waals surface area (Å²) < 4.78 is 1.79. The zero-order valence-electron chi connectivity index (χ0n) is 12.7. The van der Waals surface area contributed by atoms with E-state index in [1.54, 1.807) is 10.8 Å². The number of aromatic nitrogens is 2. The van der Waals surface area contributed by atoms with Crippen molar-refractivity contribution in [2.75, 3.05) is 0 Å². The number of carbonyl (C=O) groups excluding carboxylic acids is 1. The van der Waals surface area contributed by atoms with Crippen LogP contribution in [0.3, 0.4) is 0 Å². The van der Waals surface area contributed by atoms with Crippen molar-refractivity contribution in [1.82, 2.24) is 9.78 Å². The van der Waals surface area contributed by atoms with E-state index >= 15 is 0 Å². The van der Waals surface area contributed by atoms with Gasteiger partial charge in [0.05, 0.1) is 16.5 Å².